The number of aromatic amines is 2. The van der Waals surface area contributed by atoms with Crippen molar-refractivity contribution in [3.8, 4) is 0 Å². The predicted molar refractivity (Wildman–Crippen MR) is 145 cm³/mol. The molecule has 0 aliphatic rings. The van der Waals surface area contributed by atoms with Gasteiger partial charge in [-0.1, -0.05) is 96.1 Å². The van der Waals surface area contributed by atoms with Gasteiger partial charge in [0, 0.05) is 16.2 Å². The van der Waals surface area contributed by atoms with Crippen LogP contribution in [-0.4, -0.2) is 19.9 Å². The summed E-state index contributed by atoms with van der Waals surface area (Å²) in [5, 5.41) is 4.96. The first kappa shape index (κ1) is 22.1. The van der Waals surface area contributed by atoms with E-state index < -0.39 is 0 Å². The summed E-state index contributed by atoms with van der Waals surface area (Å²) < 4.78 is 0. The van der Waals surface area contributed by atoms with Crippen LogP contribution in [0.2, 0.25) is 0 Å². The molecule has 6 aromatic rings. The lowest BCUT2D eigenvalue weighted by Crippen LogP contribution is -2.12. The Labute approximate surface area is 200 Å². The van der Waals surface area contributed by atoms with Gasteiger partial charge in [0.25, 0.3) is 0 Å². The Hall–Kier alpha value is -3.66. The minimum Gasteiger partial charge on any atom is -0.342 e. The number of benzene rings is 4. The first-order valence-electron chi connectivity index (χ1n) is 11.9. The summed E-state index contributed by atoms with van der Waals surface area (Å²) >= 11 is 0. The van der Waals surface area contributed by atoms with Gasteiger partial charge in [-0.3, -0.25) is 0 Å². The Kier molecular flexibility index (Phi) is 5.20. The molecule has 172 valence electrons. The van der Waals surface area contributed by atoms with Crippen LogP contribution in [0.15, 0.2) is 72.8 Å². The van der Waals surface area contributed by atoms with E-state index in [9.17, 15) is 0 Å². The van der Waals surface area contributed by atoms with Gasteiger partial charge in [0.2, 0.25) is 0 Å². The van der Waals surface area contributed by atoms with Crippen LogP contribution < -0.4 is 0 Å². The van der Waals surface area contributed by atoms with E-state index in [1.165, 1.54) is 21.5 Å². The van der Waals surface area contributed by atoms with Gasteiger partial charge in [0.15, 0.2) is 0 Å². The maximum absolute atomic E-state index is 4.76. The summed E-state index contributed by atoms with van der Waals surface area (Å²) in [5.74, 6) is 2.09. The zero-order valence-electron chi connectivity index (χ0n) is 20.8. The van der Waals surface area contributed by atoms with Crippen LogP contribution in [0, 0.1) is 0 Å². The Morgan fingerprint density at radius 2 is 1.12 bits per heavy atom. The van der Waals surface area contributed by atoms with Crippen molar-refractivity contribution in [1.82, 2.24) is 19.9 Å². The topological polar surface area (TPSA) is 57.4 Å². The molecule has 0 aliphatic carbocycles. The number of fused-ring (bicyclic) bond motifs is 5. The molecule has 0 aliphatic heterocycles. The van der Waals surface area contributed by atoms with Crippen LogP contribution in [0.3, 0.4) is 0 Å². The van der Waals surface area contributed by atoms with Crippen molar-refractivity contribution in [1.29, 1.82) is 0 Å². The fourth-order valence-corrected chi connectivity index (χ4v) is 4.15. The van der Waals surface area contributed by atoms with Gasteiger partial charge in [0.1, 0.15) is 11.6 Å². The quantitative estimate of drug-likeness (QED) is 0.247. The van der Waals surface area contributed by atoms with Crippen molar-refractivity contribution in [2.45, 2.75) is 52.4 Å². The zero-order valence-corrected chi connectivity index (χ0v) is 20.8. The molecule has 0 unspecified atom stereocenters. The third-order valence-electron chi connectivity index (χ3n) is 6.15. The standard InChI is InChI=1S/2C15H16N2/c1-15(2,3)14-16-12-8-10-6-4-5-7-11(10)9-13(12)17-14;1-15(2,3)14-16-12-9-8-10-6-4-5-7-11(10)13(12)17-14/h2*4-9H,1-3H3,(H,16,17). The van der Waals surface area contributed by atoms with E-state index in [2.05, 4.69) is 129 Å². The lowest BCUT2D eigenvalue weighted by atomic mass is 9.96. The molecule has 4 heteroatoms. The third kappa shape index (κ3) is 4.16. The van der Waals surface area contributed by atoms with Crippen LogP contribution in [0.1, 0.15) is 53.2 Å². The summed E-state index contributed by atoms with van der Waals surface area (Å²) in [7, 11) is 0. The highest BCUT2D eigenvalue weighted by molar-refractivity contribution is 6.04. The Morgan fingerprint density at radius 1 is 0.559 bits per heavy atom. The van der Waals surface area contributed by atoms with E-state index in [1.54, 1.807) is 0 Å². The van der Waals surface area contributed by atoms with Crippen LogP contribution in [-0.2, 0) is 10.8 Å². The molecule has 0 atom stereocenters. The van der Waals surface area contributed by atoms with Crippen molar-refractivity contribution >= 4 is 43.6 Å². The van der Waals surface area contributed by atoms with E-state index >= 15 is 0 Å². The highest BCUT2D eigenvalue weighted by Crippen LogP contribution is 2.28. The van der Waals surface area contributed by atoms with Crippen LogP contribution in [0.4, 0.5) is 0 Å². The summed E-state index contributed by atoms with van der Waals surface area (Å²) in [6, 6.07) is 25.3. The van der Waals surface area contributed by atoms with Crippen molar-refractivity contribution < 1.29 is 0 Å². The second kappa shape index (κ2) is 7.98. The molecule has 0 saturated heterocycles. The smallest absolute Gasteiger partial charge is 0.112 e. The van der Waals surface area contributed by atoms with E-state index in [-0.39, 0.29) is 10.8 Å². The molecule has 0 spiro atoms. The maximum Gasteiger partial charge on any atom is 0.112 e. The molecule has 0 radical (unpaired) electrons. The molecule has 0 amide bonds. The first-order valence-corrected chi connectivity index (χ1v) is 11.9. The van der Waals surface area contributed by atoms with E-state index in [1.807, 2.05) is 0 Å². The molecular formula is C30H32N4. The SMILES string of the molecule is CC(C)(C)c1nc2c(ccc3ccccc32)[nH]1.CC(C)(C)c1nc2cc3ccccc3cc2[nH]1. The van der Waals surface area contributed by atoms with Gasteiger partial charge in [0.05, 0.1) is 22.1 Å². The second-order valence-electron chi connectivity index (χ2n) is 11.1. The minimum atomic E-state index is 0.0557. The average Bonchev–Trinajstić information content (AvgIpc) is 3.42. The number of nitrogens with one attached hydrogen (secondary N) is 2. The molecule has 2 aromatic heterocycles. The number of nitrogens with zero attached hydrogens (tertiary/aromatic N) is 2. The molecular weight excluding hydrogens is 416 g/mol. The number of hydrogen-bond donors (Lipinski definition) is 2. The lowest BCUT2D eigenvalue weighted by molar-refractivity contribution is 0.554. The Balaban J connectivity index is 0.000000142. The lowest BCUT2D eigenvalue weighted by Gasteiger charge is -2.13. The van der Waals surface area contributed by atoms with Gasteiger partial charge in [-0.25, -0.2) is 9.97 Å². The molecule has 6 rings (SSSR count). The second-order valence-corrected chi connectivity index (χ2v) is 11.1. The summed E-state index contributed by atoms with van der Waals surface area (Å²) in [5.41, 5.74) is 4.48. The largest absolute Gasteiger partial charge is 0.342 e. The Bertz CT molecular complexity index is 1560. The monoisotopic (exact) mass is 448 g/mol. The van der Waals surface area contributed by atoms with E-state index in [4.69, 9.17) is 4.98 Å². The van der Waals surface area contributed by atoms with Gasteiger partial charge < -0.3 is 9.97 Å². The number of rotatable bonds is 0. The molecule has 4 nitrogen and oxygen atoms in total. The highest BCUT2D eigenvalue weighted by Gasteiger charge is 2.19. The molecule has 0 bridgehead atoms. The number of aromatic nitrogens is 4. The average molecular weight is 449 g/mol. The van der Waals surface area contributed by atoms with Gasteiger partial charge in [-0.05, 0) is 34.4 Å². The maximum atomic E-state index is 4.76. The van der Waals surface area contributed by atoms with Crippen LogP contribution in [0.5, 0.6) is 0 Å². The molecule has 34 heavy (non-hydrogen) atoms. The molecule has 4 aromatic carbocycles. The number of H-pyrrole nitrogens is 2. The van der Waals surface area contributed by atoms with Crippen LogP contribution in [0.25, 0.3) is 43.6 Å². The number of hydrogen-bond acceptors (Lipinski definition) is 2. The van der Waals surface area contributed by atoms with Crippen molar-refractivity contribution in [3.63, 3.8) is 0 Å². The van der Waals surface area contributed by atoms with Crippen molar-refractivity contribution in [3.05, 3.63) is 84.4 Å². The summed E-state index contributed by atoms with van der Waals surface area (Å²) in [6.07, 6.45) is 0. The van der Waals surface area contributed by atoms with Crippen molar-refractivity contribution in [2.24, 2.45) is 0 Å². The zero-order chi connectivity index (χ0) is 24.1. The minimum absolute atomic E-state index is 0.0557. The fraction of sp³-hybridized carbons (Fsp3) is 0.267. The van der Waals surface area contributed by atoms with Crippen molar-refractivity contribution in [2.75, 3.05) is 0 Å². The summed E-state index contributed by atoms with van der Waals surface area (Å²) in [4.78, 5) is 16.3. The molecule has 2 N–H and O–H groups in total. The van der Waals surface area contributed by atoms with E-state index in [0.717, 1.165) is 33.7 Å². The van der Waals surface area contributed by atoms with E-state index in [0.29, 0.717) is 0 Å². The van der Waals surface area contributed by atoms with Gasteiger partial charge in [-0.15, -0.1) is 0 Å². The van der Waals surface area contributed by atoms with Crippen LogP contribution >= 0.6 is 0 Å². The normalized spacial score (nSPS) is 12.4. The van der Waals surface area contributed by atoms with Gasteiger partial charge >= 0.3 is 0 Å². The Morgan fingerprint density at radius 3 is 1.79 bits per heavy atom. The summed E-state index contributed by atoms with van der Waals surface area (Å²) in [6.45, 7) is 13.0. The molecule has 0 saturated carbocycles. The third-order valence-corrected chi connectivity index (χ3v) is 6.15. The fourth-order valence-electron chi connectivity index (χ4n) is 4.15. The highest BCUT2D eigenvalue weighted by atomic mass is 14.9. The van der Waals surface area contributed by atoms with Gasteiger partial charge in [-0.2, -0.15) is 0 Å². The molecule has 0 fully saturated rings. The first-order chi connectivity index (χ1) is 16.1. The predicted octanol–water partition coefficient (Wildman–Crippen LogP) is 8.03. The molecule has 2 heterocycles. The number of imidazole rings is 2.